The molecule has 8 aromatic carbocycles. The first-order chi connectivity index (χ1) is 23.1. The minimum Gasteiger partial charge on any atom is -0.352 e. The number of aryl methyl sites for hydroxylation is 1. The molecule has 0 bridgehead atoms. The summed E-state index contributed by atoms with van der Waals surface area (Å²) in [7, 11) is 0. The van der Waals surface area contributed by atoms with Crippen molar-refractivity contribution in [2.75, 3.05) is 6.54 Å². The topological polar surface area (TPSA) is 88.9 Å². The molecule has 226 valence electrons. The Morgan fingerprint density at radius 1 is 0.553 bits per heavy atom. The van der Waals surface area contributed by atoms with Gasteiger partial charge in [-0.05, 0) is 83.2 Å². The Kier molecular flexibility index (Phi) is 6.25. The van der Waals surface area contributed by atoms with E-state index >= 15 is 0 Å². The van der Waals surface area contributed by atoms with E-state index in [2.05, 4.69) is 99.8 Å². The van der Waals surface area contributed by atoms with Crippen molar-refractivity contribution < 1.29 is 9.59 Å². The average Bonchev–Trinajstić information content (AvgIpc) is 3.57. The van der Waals surface area contributed by atoms with Crippen molar-refractivity contribution in [3.05, 3.63) is 132 Å². The predicted molar refractivity (Wildman–Crippen MR) is 188 cm³/mol. The van der Waals surface area contributed by atoms with E-state index in [0.717, 1.165) is 32.3 Å². The van der Waals surface area contributed by atoms with E-state index in [1.165, 1.54) is 32.3 Å². The van der Waals surface area contributed by atoms with Gasteiger partial charge in [0.25, 0.3) is 11.8 Å². The molecule has 0 saturated carbocycles. The SMILES string of the molecule is O=C(NCCCn1cc(CNC(=O)c2ccc3ccc4cccc5ccc2c3c45)nn1)c1ccc2ccc3cccc4ccc1c2c34. The third-order valence-corrected chi connectivity index (χ3v) is 9.41. The van der Waals surface area contributed by atoms with Gasteiger partial charge in [0.2, 0.25) is 0 Å². The van der Waals surface area contributed by atoms with Gasteiger partial charge in [0.15, 0.2) is 0 Å². The van der Waals surface area contributed by atoms with Gasteiger partial charge >= 0.3 is 0 Å². The van der Waals surface area contributed by atoms with Crippen LogP contribution in [0.1, 0.15) is 32.8 Å². The van der Waals surface area contributed by atoms with E-state index in [4.69, 9.17) is 0 Å². The zero-order valence-corrected chi connectivity index (χ0v) is 25.5. The Balaban J connectivity index is 0.840. The summed E-state index contributed by atoms with van der Waals surface area (Å²) in [5, 5.41) is 28.1. The van der Waals surface area contributed by atoms with E-state index in [-0.39, 0.29) is 18.4 Å². The first-order valence-corrected chi connectivity index (χ1v) is 15.9. The monoisotopic (exact) mass is 611 g/mol. The van der Waals surface area contributed by atoms with Gasteiger partial charge in [0.05, 0.1) is 12.7 Å². The maximum atomic E-state index is 13.3. The Bertz CT molecular complexity index is 2610. The zero-order valence-electron chi connectivity index (χ0n) is 25.5. The van der Waals surface area contributed by atoms with Crippen LogP contribution in [0, 0.1) is 0 Å². The molecule has 0 aliphatic carbocycles. The van der Waals surface area contributed by atoms with Gasteiger partial charge in [-0.3, -0.25) is 14.3 Å². The number of aromatic nitrogens is 3. The lowest BCUT2D eigenvalue weighted by Gasteiger charge is -2.14. The molecule has 0 aliphatic heterocycles. The smallest absolute Gasteiger partial charge is 0.252 e. The van der Waals surface area contributed by atoms with Crippen LogP contribution in [0.25, 0.3) is 64.6 Å². The van der Waals surface area contributed by atoms with Crippen LogP contribution in [0.2, 0.25) is 0 Å². The Labute approximate surface area is 269 Å². The molecule has 9 rings (SSSR count). The Morgan fingerprint density at radius 2 is 1.02 bits per heavy atom. The lowest BCUT2D eigenvalue weighted by molar-refractivity contribution is 0.0945. The highest BCUT2D eigenvalue weighted by Gasteiger charge is 2.17. The maximum absolute atomic E-state index is 13.3. The first-order valence-electron chi connectivity index (χ1n) is 15.9. The van der Waals surface area contributed by atoms with E-state index in [1.54, 1.807) is 4.68 Å². The van der Waals surface area contributed by atoms with Crippen LogP contribution >= 0.6 is 0 Å². The maximum Gasteiger partial charge on any atom is 0.252 e. The molecular formula is C40H29N5O2. The first kappa shape index (κ1) is 27.2. The minimum atomic E-state index is -0.146. The number of nitrogens with one attached hydrogen (secondary N) is 2. The molecule has 0 saturated heterocycles. The van der Waals surface area contributed by atoms with E-state index in [1.807, 2.05) is 36.5 Å². The van der Waals surface area contributed by atoms with Gasteiger partial charge in [0.1, 0.15) is 5.69 Å². The highest BCUT2D eigenvalue weighted by Crippen LogP contribution is 2.37. The Hall–Kier alpha value is -6.08. The molecule has 2 N–H and O–H groups in total. The van der Waals surface area contributed by atoms with Crippen LogP contribution in [-0.4, -0.2) is 33.4 Å². The van der Waals surface area contributed by atoms with Crippen LogP contribution in [0.4, 0.5) is 0 Å². The molecule has 9 aromatic rings. The van der Waals surface area contributed by atoms with Crippen molar-refractivity contribution in [2.24, 2.45) is 0 Å². The highest BCUT2D eigenvalue weighted by atomic mass is 16.2. The van der Waals surface area contributed by atoms with Gasteiger partial charge in [-0.15, -0.1) is 5.10 Å². The Morgan fingerprint density at radius 3 is 1.57 bits per heavy atom. The number of amides is 2. The van der Waals surface area contributed by atoms with Crippen LogP contribution in [-0.2, 0) is 13.1 Å². The molecular weight excluding hydrogens is 582 g/mol. The fourth-order valence-corrected chi connectivity index (χ4v) is 7.20. The third kappa shape index (κ3) is 4.50. The van der Waals surface area contributed by atoms with Gasteiger partial charge < -0.3 is 10.6 Å². The molecule has 0 unspecified atom stereocenters. The van der Waals surface area contributed by atoms with Gasteiger partial charge in [0, 0.05) is 24.2 Å². The zero-order chi connectivity index (χ0) is 31.5. The number of rotatable bonds is 8. The average molecular weight is 612 g/mol. The van der Waals surface area contributed by atoms with Gasteiger partial charge in [-0.25, -0.2) is 0 Å². The number of benzene rings is 8. The van der Waals surface area contributed by atoms with E-state index in [0.29, 0.717) is 36.3 Å². The third-order valence-electron chi connectivity index (χ3n) is 9.41. The number of hydrogen-bond acceptors (Lipinski definition) is 4. The summed E-state index contributed by atoms with van der Waals surface area (Å²) in [6.45, 7) is 1.36. The summed E-state index contributed by atoms with van der Waals surface area (Å²) in [4.78, 5) is 26.6. The molecule has 0 atom stereocenters. The van der Waals surface area contributed by atoms with Crippen LogP contribution in [0.15, 0.2) is 115 Å². The largest absolute Gasteiger partial charge is 0.352 e. The summed E-state index contributed by atoms with van der Waals surface area (Å²) < 4.78 is 1.75. The van der Waals surface area contributed by atoms with Crippen molar-refractivity contribution >= 4 is 76.4 Å². The fraction of sp³-hybridized carbons (Fsp3) is 0.100. The van der Waals surface area contributed by atoms with Crippen LogP contribution < -0.4 is 10.6 Å². The molecule has 0 aliphatic rings. The number of hydrogen-bond donors (Lipinski definition) is 2. The van der Waals surface area contributed by atoms with Crippen molar-refractivity contribution in [3.63, 3.8) is 0 Å². The minimum absolute atomic E-state index is 0.0864. The summed E-state index contributed by atoms with van der Waals surface area (Å²) in [5.74, 6) is -0.233. The number of carbonyl (C=O) groups is 2. The van der Waals surface area contributed by atoms with E-state index < -0.39 is 0 Å². The number of carbonyl (C=O) groups excluding carboxylic acids is 2. The molecule has 47 heavy (non-hydrogen) atoms. The second-order valence-corrected chi connectivity index (χ2v) is 12.2. The normalized spacial score (nSPS) is 11.9. The van der Waals surface area contributed by atoms with Gasteiger partial charge in [-0.1, -0.05) is 102 Å². The van der Waals surface area contributed by atoms with Crippen molar-refractivity contribution in [1.29, 1.82) is 0 Å². The molecule has 1 heterocycles. The summed E-state index contributed by atoms with van der Waals surface area (Å²) in [6.07, 6.45) is 2.53. The predicted octanol–water partition coefficient (Wildman–Crippen LogP) is 7.82. The van der Waals surface area contributed by atoms with E-state index in [9.17, 15) is 9.59 Å². The fourth-order valence-electron chi connectivity index (χ4n) is 7.20. The molecule has 1 aromatic heterocycles. The van der Waals surface area contributed by atoms with Crippen LogP contribution in [0.5, 0.6) is 0 Å². The second kappa shape index (κ2) is 10.8. The molecule has 0 spiro atoms. The standard InChI is InChI=1S/C40H29N5O2/c46-39(33-18-14-28-10-8-24-4-1-6-26-12-16-31(33)37(28)35(24)26)41-20-3-21-45-23-30(43-44-45)22-42-40(47)34-19-15-29-11-9-25-5-2-7-27-13-17-32(34)38(29)36(25)27/h1-2,4-19,23H,3,20-22H2,(H,41,46)(H,42,47). The second-order valence-electron chi connectivity index (χ2n) is 12.2. The highest BCUT2D eigenvalue weighted by molar-refractivity contribution is 6.27. The summed E-state index contributed by atoms with van der Waals surface area (Å²) in [5.41, 5.74) is 2.00. The molecule has 7 heteroatoms. The molecule has 0 fully saturated rings. The number of nitrogens with zero attached hydrogens (tertiary/aromatic N) is 3. The summed E-state index contributed by atoms with van der Waals surface area (Å²) in [6, 6.07) is 37.2. The van der Waals surface area contributed by atoms with Crippen molar-refractivity contribution in [2.45, 2.75) is 19.5 Å². The lowest BCUT2D eigenvalue weighted by atomic mass is 9.92. The van der Waals surface area contributed by atoms with Crippen LogP contribution in [0.3, 0.4) is 0 Å². The summed E-state index contributed by atoms with van der Waals surface area (Å²) >= 11 is 0. The quantitative estimate of drug-likeness (QED) is 0.135. The van der Waals surface area contributed by atoms with Crippen molar-refractivity contribution in [1.82, 2.24) is 25.6 Å². The lowest BCUT2D eigenvalue weighted by Crippen LogP contribution is -2.25. The molecule has 2 amide bonds. The molecule has 7 nitrogen and oxygen atoms in total. The molecule has 0 radical (unpaired) electrons. The van der Waals surface area contributed by atoms with Crippen molar-refractivity contribution in [3.8, 4) is 0 Å². The van der Waals surface area contributed by atoms with Gasteiger partial charge in [-0.2, -0.15) is 0 Å².